The molecule has 1 aliphatic carbocycles. The molecule has 1 saturated carbocycles. The van der Waals surface area contributed by atoms with Gasteiger partial charge >= 0.3 is 0 Å². The number of benzene rings is 1. The predicted octanol–water partition coefficient (Wildman–Crippen LogP) is 2.53. The van der Waals surface area contributed by atoms with Gasteiger partial charge in [-0.1, -0.05) is 18.2 Å². The van der Waals surface area contributed by atoms with E-state index in [1.54, 1.807) is 11.7 Å². The van der Waals surface area contributed by atoms with Gasteiger partial charge < -0.3 is 10.6 Å². The molecule has 1 aliphatic rings. The Labute approximate surface area is 115 Å². The van der Waals surface area contributed by atoms with Crippen molar-refractivity contribution < 1.29 is 4.79 Å². The monoisotopic (exact) mass is 273 g/mol. The van der Waals surface area contributed by atoms with Crippen LogP contribution in [0.5, 0.6) is 0 Å². The molecule has 0 aliphatic heterocycles. The Morgan fingerprint density at radius 1 is 1.42 bits per heavy atom. The van der Waals surface area contributed by atoms with Crippen molar-refractivity contribution in [3.63, 3.8) is 0 Å². The first-order valence-corrected chi connectivity index (χ1v) is 7.16. The summed E-state index contributed by atoms with van der Waals surface area (Å²) in [6.07, 6.45) is 3.80. The minimum atomic E-state index is 0.0632. The summed E-state index contributed by atoms with van der Waals surface area (Å²) >= 11 is 1.39. The molecule has 1 heterocycles. The van der Waals surface area contributed by atoms with Crippen molar-refractivity contribution in [1.82, 2.24) is 9.88 Å². The van der Waals surface area contributed by atoms with Gasteiger partial charge in [-0.05, 0) is 24.5 Å². The second kappa shape index (κ2) is 5.01. The summed E-state index contributed by atoms with van der Waals surface area (Å²) in [5.74, 6) is 0.0632. The van der Waals surface area contributed by atoms with Gasteiger partial charge in [0.25, 0.3) is 5.91 Å². The molecular weight excluding hydrogens is 258 g/mol. The van der Waals surface area contributed by atoms with Crippen LogP contribution in [0, 0.1) is 0 Å². The van der Waals surface area contributed by atoms with Gasteiger partial charge in [-0.2, -0.15) is 0 Å². The Hall–Kier alpha value is -1.88. The van der Waals surface area contributed by atoms with Crippen molar-refractivity contribution in [3.05, 3.63) is 46.4 Å². The van der Waals surface area contributed by atoms with Crippen molar-refractivity contribution in [1.29, 1.82) is 0 Å². The SMILES string of the molecule is Nc1ccccc1CN(C(=O)c1cncs1)C1CC1. The van der Waals surface area contributed by atoms with Gasteiger partial charge in [0.1, 0.15) is 4.88 Å². The van der Waals surface area contributed by atoms with Gasteiger partial charge in [-0.15, -0.1) is 11.3 Å². The highest BCUT2D eigenvalue weighted by Crippen LogP contribution is 2.31. The Morgan fingerprint density at radius 2 is 2.21 bits per heavy atom. The van der Waals surface area contributed by atoms with E-state index in [9.17, 15) is 4.79 Å². The fourth-order valence-electron chi connectivity index (χ4n) is 2.08. The first kappa shape index (κ1) is 12.2. The van der Waals surface area contributed by atoms with Gasteiger partial charge in [0.15, 0.2) is 0 Å². The van der Waals surface area contributed by atoms with Gasteiger partial charge in [0, 0.05) is 18.3 Å². The number of carbonyl (C=O) groups excluding carboxylic acids is 1. The number of hydrogen-bond donors (Lipinski definition) is 1. The number of amides is 1. The van der Waals surface area contributed by atoms with Gasteiger partial charge in [0.05, 0.1) is 11.7 Å². The number of nitrogens with zero attached hydrogens (tertiary/aromatic N) is 2. The quantitative estimate of drug-likeness (QED) is 0.871. The number of nitrogen functional groups attached to an aromatic ring is 1. The molecule has 0 saturated heterocycles. The smallest absolute Gasteiger partial charge is 0.266 e. The summed E-state index contributed by atoms with van der Waals surface area (Å²) in [4.78, 5) is 19.0. The number of thiazole rings is 1. The lowest BCUT2D eigenvalue weighted by atomic mass is 10.1. The fraction of sp³-hybridized carbons (Fsp3) is 0.286. The number of rotatable bonds is 4. The molecule has 3 rings (SSSR count). The number of carbonyl (C=O) groups is 1. The highest BCUT2D eigenvalue weighted by molar-refractivity contribution is 7.11. The van der Waals surface area contributed by atoms with Crippen LogP contribution in [-0.4, -0.2) is 21.8 Å². The third-order valence-corrected chi connectivity index (χ3v) is 4.05. The Morgan fingerprint density at radius 3 is 2.84 bits per heavy atom. The second-order valence-corrected chi connectivity index (χ2v) is 5.62. The van der Waals surface area contributed by atoms with E-state index in [-0.39, 0.29) is 5.91 Å². The standard InChI is InChI=1S/C14H15N3OS/c15-12-4-2-1-3-10(12)8-17(11-5-6-11)14(18)13-7-16-9-19-13/h1-4,7,9,11H,5-6,8,15H2. The van der Waals surface area contributed by atoms with Crippen molar-refractivity contribution in [3.8, 4) is 0 Å². The summed E-state index contributed by atoms with van der Waals surface area (Å²) in [7, 11) is 0. The summed E-state index contributed by atoms with van der Waals surface area (Å²) in [5.41, 5.74) is 9.40. The maximum absolute atomic E-state index is 12.5. The van der Waals surface area contributed by atoms with Crippen molar-refractivity contribution >= 4 is 22.9 Å². The molecule has 0 radical (unpaired) electrons. The third-order valence-electron chi connectivity index (χ3n) is 3.29. The Bertz CT molecular complexity index is 578. The summed E-state index contributed by atoms with van der Waals surface area (Å²) in [6.45, 7) is 0.577. The van der Waals surface area contributed by atoms with Crippen LogP contribution in [0.15, 0.2) is 36.0 Å². The van der Waals surface area contributed by atoms with Gasteiger partial charge in [-0.3, -0.25) is 9.78 Å². The fourth-order valence-corrected chi connectivity index (χ4v) is 2.65. The maximum Gasteiger partial charge on any atom is 0.266 e. The lowest BCUT2D eigenvalue weighted by Gasteiger charge is -2.22. The molecule has 1 aromatic heterocycles. The first-order valence-electron chi connectivity index (χ1n) is 6.28. The average molecular weight is 273 g/mol. The molecule has 0 atom stereocenters. The van der Waals surface area contributed by atoms with E-state index in [1.807, 2.05) is 29.2 Å². The normalized spacial score (nSPS) is 14.3. The second-order valence-electron chi connectivity index (χ2n) is 4.73. The van der Waals surface area contributed by atoms with E-state index in [1.165, 1.54) is 11.3 Å². The minimum absolute atomic E-state index is 0.0632. The Kier molecular flexibility index (Phi) is 3.21. The molecule has 98 valence electrons. The number of hydrogen-bond acceptors (Lipinski definition) is 4. The molecular formula is C14H15N3OS. The van der Waals surface area contributed by atoms with Gasteiger partial charge in [0.2, 0.25) is 0 Å². The van der Waals surface area contributed by atoms with E-state index >= 15 is 0 Å². The molecule has 2 N–H and O–H groups in total. The molecule has 2 aromatic rings. The number of aromatic nitrogens is 1. The zero-order valence-corrected chi connectivity index (χ0v) is 11.3. The van der Waals surface area contributed by atoms with Crippen molar-refractivity contribution in [2.45, 2.75) is 25.4 Å². The first-order chi connectivity index (χ1) is 9.25. The number of nitrogens with two attached hydrogens (primary N) is 1. The van der Waals surface area contributed by atoms with Crippen molar-refractivity contribution in [2.75, 3.05) is 5.73 Å². The minimum Gasteiger partial charge on any atom is -0.398 e. The van der Waals surface area contributed by atoms with Crippen LogP contribution in [0.2, 0.25) is 0 Å². The van der Waals surface area contributed by atoms with E-state index in [0.717, 1.165) is 24.1 Å². The summed E-state index contributed by atoms with van der Waals surface area (Å²) in [6, 6.07) is 8.07. The molecule has 1 aromatic carbocycles. The molecule has 19 heavy (non-hydrogen) atoms. The topological polar surface area (TPSA) is 59.2 Å². The number of anilines is 1. The summed E-state index contributed by atoms with van der Waals surface area (Å²) < 4.78 is 0. The van der Waals surface area contributed by atoms with E-state index in [0.29, 0.717) is 17.5 Å². The molecule has 1 fully saturated rings. The zero-order valence-electron chi connectivity index (χ0n) is 10.5. The van der Waals surface area contributed by atoms with Crippen LogP contribution in [0.1, 0.15) is 28.1 Å². The maximum atomic E-state index is 12.5. The molecule has 5 heteroatoms. The van der Waals surface area contributed by atoms with Crippen LogP contribution in [-0.2, 0) is 6.54 Å². The van der Waals surface area contributed by atoms with Crippen LogP contribution in [0.4, 0.5) is 5.69 Å². The Balaban J connectivity index is 1.82. The van der Waals surface area contributed by atoms with Crippen LogP contribution in [0.3, 0.4) is 0 Å². The predicted molar refractivity (Wildman–Crippen MR) is 75.9 cm³/mol. The van der Waals surface area contributed by atoms with Crippen LogP contribution < -0.4 is 5.73 Å². The van der Waals surface area contributed by atoms with E-state index < -0.39 is 0 Å². The van der Waals surface area contributed by atoms with Gasteiger partial charge in [-0.25, -0.2) is 0 Å². The largest absolute Gasteiger partial charge is 0.398 e. The zero-order chi connectivity index (χ0) is 13.2. The van der Waals surface area contributed by atoms with Crippen molar-refractivity contribution in [2.24, 2.45) is 0 Å². The molecule has 0 unspecified atom stereocenters. The summed E-state index contributed by atoms with van der Waals surface area (Å²) in [5, 5.41) is 0. The molecule has 1 amide bonds. The highest BCUT2D eigenvalue weighted by atomic mass is 32.1. The van der Waals surface area contributed by atoms with E-state index in [2.05, 4.69) is 4.98 Å². The molecule has 0 spiro atoms. The highest BCUT2D eigenvalue weighted by Gasteiger charge is 2.33. The lowest BCUT2D eigenvalue weighted by Crippen LogP contribution is -2.32. The third kappa shape index (κ3) is 2.61. The average Bonchev–Trinajstić information content (AvgIpc) is 3.11. The van der Waals surface area contributed by atoms with Crippen LogP contribution in [0.25, 0.3) is 0 Å². The van der Waals surface area contributed by atoms with E-state index in [4.69, 9.17) is 5.73 Å². The van der Waals surface area contributed by atoms with Crippen LogP contribution >= 0.6 is 11.3 Å². The number of para-hydroxylation sites is 1. The lowest BCUT2D eigenvalue weighted by molar-refractivity contribution is 0.0735. The molecule has 0 bridgehead atoms. The molecule has 4 nitrogen and oxygen atoms in total.